The van der Waals surface area contributed by atoms with Crippen LogP contribution in [0.1, 0.15) is 54.0 Å². The third-order valence-corrected chi connectivity index (χ3v) is 4.18. The van der Waals surface area contributed by atoms with Crippen molar-refractivity contribution < 1.29 is 4.79 Å². The molecule has 1 aromatic carbocycles. The van der Waals surface area contributed by atoms with Crippen LogP contribution in [-0.2, 0) is 6.42 Å². The van der Waals surface area contributed by atoms with Crippen LogP contribution in [0.15, 0.2) is 24.3 Å². The first kappa shape index (κ1) is 15.8. The molecule has 3 rings (SSSR count). The molecule has 1 aliphatic rings. The molecule has 2 aromatic rings. The summed E-state index contributed by atoms with van der Waals surface area (Å²) < 4.78 is 1.91. The van der Waals surface area contributed by atoms with E-state index in [1.165, 1.54) is 5.56 Å². The van der Waals surface area contributed by atoms with Crippen molar-refractivity contribution in [3.63, 3.8) is 0 Å². The maximum absolute atomic E-state index is 12.7. The zero-order valence-corrected chi connectivity index (χ0v) is 14.4. The maximum Gasteiger partial charge on any atom is 0.255 e. The fraction of sp³-hybridized carbons (Fsp3) is 0.474. The van der Waals surface area contributed by atoms with Crippen molar-refractivity contribution in [3.05, 3.63) is 46.8 Å². The second-order valence-electron chi connectivity index (χ2n) is 7.00. The molecule has 0 unspecified atom stereocenters. The highest BCUT2D eigenvalue weighted by atomic mass is 16.1. The Labute approximate surface area is 137 Å². The zero-order chi connectivity index (χ0) is 16.6. The van der Waals surface area contributed by atoms with E-state index in [1.54, 1.807) is 0 Å². The molecule has 0 spiro atoms. The summed E-state index contributed by atoms with van der Waals surface area (Å²) in [5, 5.41) is 7.87. The fourth-order valence-electron chi connectivity index (χ4n) is 2.88. The molecule has 122 valence electrons. The van der Waals surface area contributed by atoms with E-state index in [0.29, 0.717) is 12.0 Å². The van der Waals surface area contributed by atoms with Gasteiger partial charge in [0.2, 0.25) is 0 Å². The normalized spacial score (nSPS) is 14.3. The van der Waals surface area contributed by atoms with Gasteiger partial charge in [-0.1, -0.05) is 26.0 Å². The van der Waals surface area contributed by atoms with Gasteiger partial charge in [-0.05, 0) is 56.7 Å². The Balaban J connectivity index is 2.03. The molecule has 0 aliphatic heterocycles. The Morgan fingerprint density at radius 2 is 2.09 bits per heavy atom. The van der Waals surface area contributed by atoms with E-state index < -0.39 is 0 Å². The summed E-state index contributed by atoms with van der Waals surface area (Å²) in [4.78, 5) is 12.7. The molecule has 1 aliphatic carbocycles. The van der Waals surface area contributed by atoms with Crippen molar-refractivity contribution in [2.45, 2.75) is 53.0 Å². The number of aromatic nitrogens is 2. The Kier molecular flexibility index (Phi) is 4.24. The summed E-state index contributed by atoms with van der Waals surface area (Å²) in [5.41, 5.74) is 4.78. The van der Waals surface area contributed by atoms with Crippen molar-refractivity contribution in [2.75, 3.05) is 0 Å². The molecule has 0 saturated heterocycles. The molecule has 0 radical (unpaired) electrons. The molecule has 1 saturated carbocycles. The Morgan fingerprint density at radius 1 is 1.35 bits per heavy atom. The van der Waals surface area contributed by atoms with Gasteiger partial charge in [-0.3, -0.25) is 4.79 Å². The Morgan fingerprint density at radius 3 is 2.70 bits per heavy atom. The van der Waals surface area contributed by atoms with Crippen LogP contribution in [0, 0.1) is 19.8 Å². The van der Waals surface area contributed by atoms with Gasteiger partial charge in [-0.15, -0.1) is 0 Å². The van der Waals surface area contributed by atoms with Crippen molar-refractivity contribution in [2.24, 2.45) is 5.92 Å². The Bertz CT molecular complexity index is 726. The van der Waals surface area contributed by atoms with Gasteiger partial charge in [0.1, 0.15) is 0 Å². The van der Waals surface area contributed by atoms with Gasteiger partial charge in [0.15, 0.2) is 0 Å². The summed E-state index contributed by atoms with van der Waals surface area (Å²) in [6.07, 6.45) is 3.00. The average Bonchev–Trinajstić information content (AvgIpc) is 3.21. The molecular weight excluding hydrogens is 286 g/mol. The van der Waals surface area contributed by atoms with Crippen LogP contribution in [0.4, 0.5) is 0 Å². The zero-order valence-electron chi connectivity index (χ0n) is 14.4. The summed E-state index contributed by atoms with van der Waals surface area (Å²) >= 11 is 0. The van der Waals surface area contributed by atoms with Crippen LogP contribution in [0.25, 0.3) is 5.69 Å². The summed E-state index contributed by atoms with van der Waals surface area (Å²) in [7, 11) is 0. The van der Waals surface area contributed by atoms with E-state index in [0.717, 1.165) is 41.9 Å². The third kappa shape index (κ3) is 3.46. The van der Waals surface area contributed by atoms with Crippen molar-refractivity contribution in [1.82, 2.24) is 15.1 Å². The van der Waals surface area contributed by atoms with Gasteiger partial charge in [0.25, 0.3) is 5.91 Å². The molecule has 1 fully saturated rings. The molecule has 4 nitrogen and oxygen atoms in total. The third-order valence-electron chi connectivity index (χ3n) is 4.18. The van der Waals surface area contributed by atoms with E-state index in [-0.39, 0.29) is 5.91 Å². The second-order valence-corrected chi connectivity index (χ2v) is 7.00. The number of benzene rings is 1. The van der Waals surface area contributed by atoms with Crippen molar-refractivity contribution in [3.8, 4) is 5.69 Å². The molecule has 0 atom stereocenters. The molecule has 23 heavy (non-hydrogen) atoms. The SMILES string of the molecule is Cc1cccc(-n2nc(CC(C)C)c(C(=O)NC3CC3)c2C)c1. The first-order valence-electron chi connectivity index (χ1n) is 8.42. The molecule has 1 aromatic heterocycles. The standard InChI is InChI=1S/C19H25N3O/c1-12(2)10-17-18(19(23)20-15-8-9-15)14(4)22(21-17)16-7-5-6-13(3)11-16/h5-7,11-12,15H,8-10H2,1-4H3,(H,20,23). The number of rotatable bonds is 5. The second kappa shape index (κ2) is 6.19. The van der Waals surface area contributed by atoms with Crippen molar-refractivity contribution in [1.29, 1.82) is 0 Å². The molecular formula is C19H25N3O. The van der Waals surface area contributed by atoms with Gasteiger partial charge < -0.3 is 5.32 Å². The van der Waals surface area contributed by atoms with Gasteiger partial charge in [0, 0.05) is 6.04 Å². The lowest BCUT2D eigenvalue weighted by Gasteiger charge is -2.07. The monoisotopic (exact) mass is 311 g/mol. The van der Waals surface area contributed by atoms with Crippen LogP contribution in [0.2, 0.25) is 0 Å². The number of hydrogen-bond donors (Lipinski definition) is 1. The lowest BCUT2D eigenvalue weighted by Crippen LogP contribution is -2.27. The molecule has 4 heteroatoms. The largest absolute Gasteiger partial charge is 0.349 e. The van der Waals surface area contributed by atoms with Gasteiger partial charge in [-0.25, -0.2) is 4.68 Å². The summed E-state index contributed by atoms with van der Waals surface area (Å²) in [5.74, 6) is 0.488. The molecule has 0 bridgehead atoms. The van der Waals surface area contributed by atoms with E-state index in [4.69, 9.17) is 5.10 Å². The highest BCUT2D eigenvalue weighted by molar-refractivity contribution is 5.97. The van der Waals surface area contributed by atoms with Crippen LogP contribution < -0.4 is 5.32 Å². The number of carbonyl (C=O) groups is 1. The van der Waals surface area contributed by atoms with E-state index in [9.17, 15) is 4.79 Å². The predicted molar refractivity (Wildman–Crippen MR) is 92.1 cm³/mol. The number of nitrogens with zero attached hydrogens (tertiary/aromatic N) is 2. The van der Waals surface area contributed by atoms with Crippen LogP contribution in [0.5, 0.6) is 0 Å². The van der Waals surface area contributed by atoms with Crippen LogP contribution >= 0.6 is 0 Å². The topological polar surface area (TPSA) is 46.9 Å². The number of carbonyl (C=O) groups excluding carboxylic acids is 1. The summed E-state index contributed by atoms with van der Waals surface area (Å²) in [6, 6.07) is 8.59. The average molecular weight is 311 g/mol. The summed E-state index contributed by atoms with van der Waals surface area (Å²) in [6.45, 7) is 8.37. The highest BCUT2D eigenvalue weighted by Crippen LogP contribution is 2.24. The molecule has 1 N–H and O–H groups in total. The number of nitrogens with one attached hydrogen (secondary N) is 1. The van der Waals surface area contributed by atoms with Crippen molar-refractivity contribution >= 4 is 5.91 Å². The van der Waals surface area contributed by atoms with Crippen LogP contribution in [-0.4, -0.2) is 21.7 Å². The first-order chi connectivity index (χ1) is 11.0. The van der Waals surface area contributed by atoms with E-state index >= 15 is 0 Å². The predicted octanol–water partition coefficient (Wildman–Crippen LogP) is 3.58. The van der Waals surface area contributed by atoms with E-state index in [1.807, 2.05) is 23.7 Å². The van der Waals surface area contributed by atoms with Gasteiger partial charge >= 0.3 is 0 Å². The van der Waals surface area contributed by atoms with Gasteiger partial charge in [-0.2, -0.15) is 5.10 Å². The lowest BCUT2D eigenvalue weighted by atomic mass is 10.0. The lowest BCUT2D eigenvalue weighted by molar-refractivity contribution is 0.0949. The smallest absolute Gasteiger partial charge is 0.255 e. The first-order valence-corrected chi connectivity index (χ1v) is 8.42. The minimum atomic E-state index is 0.0274. The maximum atomic E-state index is 12.7. The Hall–Kier alpha value is -2.10. The van der Waals surface area contributed by atoms with Gasteiger partial charge in [0.05, 0.1) is 22.6 Å². The number of amides is 1. The van der Waals surface area contributed by atoms with Crippen LogP contribution in [0.3, 0.4) is 0 Å². The number of hydrogen-bond acceptors (Lipinski definition) is 2. The molecule has 1 heterocycles. The molecule has 1 amide bonds. The number of aryl methyl sites for hydroxylation is 1. The fourth-order valence-corrected chi connectivity index (χ4v) is 2.88. The quantitative estimate of drug-likeness (QED) is 0.917. The minimum absolute atomic E-state index is 0.0274. The minimum Gasteiger partial charge on any atom is -0.349 e. The highest BCUT2D eigenvalue weighted by Gasteiger charge is 2.28. The van der Waals surface area contributed by atoms with E-state index in [2.05, 4.69) is 38.2 Å².